The third-order valence-corrected chi connectivity index (χ3v) is 4.32. The van der Waals surface area contributed by atoms with Crippen molar-refractivity contribution >= 4 is 38.8 Å². The molecule has 3 rings (SSSR count). The van der Waals surface area contributed by atoms with E-state index in [0.29, 0.717) is 17.4 Å². The molecule has 2 aromatic rings. The Bertz CT molecular complexity index is 724. The van der Waals surface area contributed by atoms with E-state index < -0.39 is 0 Å². The van der Waals surface area contributed by atoms with Crippen LogP contribution in [0.2, 0.25) is 0 Å². The lowest BCUT2D eigenvalue weighted by molar-refractivity contribution is 1.02. The summed E-state index contributed by atoms with van der Waals surface area (Å²) in [5.41, 5.74) is 1.34. The second kappa shape index (κ2) is 3.61. The van der Waals surface area contributed by atoms with Gasteiger partial charge in [0.2, 0.25) is 0 Å². The van der Waals surface area contributed by atoms with E-state index >= 15 is 0 Å². The second-order valence-electron chi connectivity index (χ2n) is 3.07. The fourth-order valence-electron chi connectivity index (χ4n) is 1.54. The Kier molecular flexibility index (Phi) is 1.45. The normalized spacial score (nSPS) is 18.9. The van der Waals surface area contributed by atoms with E-state index in [1.165, 1.54) is 11.8 Å². The Balaban J connectivity index is 2.32. The van der Waals surface area contributed by atoms with E-state index in [1.807, 2.05) is 6.26 Å². The van der Waals surface area contributed by atoms with Crippen LogP contribution in [0.3, 0.4) is 0 Å². The highest BCUT2D eigenvalue weighted by molar-refractivity contribution is 8.38. The molecular formula is C11H10N2S2. The first kappa shape index (κ1) is 6.01. The highest BCUT2D eigenvalue weighted by Crippen LogP contribution is 2.36. The summed E-state index contributed by atoms with van der Waals surface area (Å²) in [5, 5.41) is 1.44. The zero-order valence-corrected chi connectivity index (χ0v) is 9.60. The minimum atomic E-state index is -0.202. The molecule has 1 aromatic carbocycles. The van der Waals surface area contributed by atoms with Crippen LogP contribution in [-0.4, -0.2) is 15.6 Å². The third-order valence-electron chi connectivity index (χ3n) is 2.23. The lowest BCUT2D eigenvalue weighted by Gasteiger charge is -2.09. The standard InChI is InChI=1S/C11H10N2S2/c1-14-11-12-6-8-7-4-2-3-5-9(7)13-10(8)15-11/h2-5,13H,6H2,1H3/i2D,3D,4D,5D. The smallest absolute Gasteiger partial charge is 0.130 e. The van der Waals surface area contributed by atoms with Gasteiger partial charge >= 0.3 is 0 Å². The van der Waals surface area contributed by atoms with E-state index in [9.17, 15) is 0 Å². The van der Waals surface area contributed by atoms with Crippen molar-refractivity contribution in [1.82, 2.24) is 4.98 Å². The first-order valence-corrected chi connectivity index (χ1v) is 6.46. The maximum absolute atomic E-state index is 8.00. The molecule has 0 atom stereocenters. The quantitative estimate of drug-likeness (QED) is 0.761. The number of aromatic nitrogens is 1. The van der Waals surface area contributed by atoms with Gasteiger partial charge in [-0.05, 0) is 24.1 Å². The number of rotatable bonds is 0. The first-order chi connectivity index (χ1) is 9.04. The zero-order valence-electron chi connectivity index (χ0n) is 12.0. The fraction of sp³-hybridized carbons (Fsp3) is 0.182. The number of fused-ring (bicyclic) bond motifs is 3. The SMILES string of the molecule is [2H]c1c([2H])c([2H])c2c3c([nH]c2c1[2H])SC(SC)=NC3. The molecule has 0 saturated heterocycles. The topological polar surface area (TPSA) is 28.1 Å². The summed E-state index contributed by atoms with van der Waals surface area (Å²) < 4.78 is 32.3. The van der Waals surface area contributed by atoms with Crippen molar-refractivity contribution in [3.8, 4) is 0 Å². The number of nitrogens with zero attached hydrogens (tertiary/aromatic N) is 1. The summed E-state index contributed by atoms with van der Waals surface area (Å²) in [6.45, 7) is 0.459. The lowest BCUT2D eigenvalue weighted by Crippen LogP contribution is -1.96. The summed E-state index contributed by atoms with van der Waals surface area (Å²) in [7, 11) is 0. The van der Waals surface area contributed by atoms with E-state index in [2.05, 4.69) is 9.98 Å². The van der Waals surface area contributed by atoms with Crippen LogP contribution in [0.5, 0.6) is 0 Å². The van der Waals surface area contributed by atoms with Gasteiger partial charge in [-0.3, -0.25) is 4.99 Å². The highest BCUT2D eigenvalue weighted by Gasteiger charge is 2.17. The van der Waals surface area contributed by atoms with Crippen molar-refractivity contribution < 1.29 is 5.48 Å². The summed E-state index contributed by atoms with van der Waals surface area (Å²) >= 11 is 3.04. The van der Waals surface area contributed by atoms with Gasteiger partial charge in [0.05, 0.1) is 17.1 Å². The van der Waals surface area contributed by atoms with E-state index in [4.69, 9.17) is 5.48 Å². The molecule has 0 amide bonds. The number of aliphatic imine (C=N–C) groups is 1. The Labute approximate surface area is 102 Å². The van der Waals surface area contributed by atoms with Gasteiger partial charge in [-0.2, -0.15) is 0 Å². The Morgan fingerprint density at radius 3 is 3.27 bits per heavy atom. The number of aromatic amines is 1. The molecule has 1 aliphatic rings. The van der Waals surface area contributed by atoms with Gasteiger partial charge in [-0.15, -0.1) is 11.8 Å². The number of nitrogens with one attached hydrogen (secondary N) is 1. The van der Waals surface area contributed by atoms with Crippen molar-refractivity contribution in [3.63, 3.8) is 0 Å². The molecule has 0 radical (unpaired) electrons. The van der Waals surface area contributed by atoms with Crippen LogP contribution in [0.15, 0.2) is 34.2 Å². The molecule has 15 heavy (non-hydrogen) atoms. The summed E-state index contributed by atoms with van der Waals surface area (Å²) in [6, 6.07) is -0.398. The molecule has 0 aliphatic carbocycles. The minimum Gasteiger partial charge on any atom is -0.349 e. The molecule has 2 heterocycles. The fourth-order valence-corrected chi connectivity index (χ4v) is 3.07. The molecule has 2 nitrogen and oxygen atoms in total. The Morgan fingerprint density at radius 2 is 2.40 bits per heavy atom. The van der Waals surface area contributed by atoms with Crippen molar-refractivity contribution in [2.24, 2.45) is 4.99 Å². The molecule has 1 aromatic heterocycles. The van der Waals surface area contributed by atoms with E-state index in [-0.39, 0.29) is 24.2 Å². The Hall–Kier alpha value is -0.870. The molecular weight excluding hydrogens is 224 g/mol. The van der Waals surface area contributed by atoms with Crippen LogP contribution in [0.4, 0.5) is 0 Å². The third kappa shape index (κ3) is 1.48. The molecule has 0 unspecified atom stereocenters. The monoisotopic (exact) mass is 238 g/mol. The number of hydrogen-bond acceptors (Lipinski definition) is 3. The van der Waals surface area contributed by atoms with Crippen molar-refractivity contribution in [1.29, 1.82) is 0 Å². The summed E-state index contributed by atoms with van der Waals surface area (Å²) in [5.74, 6) is 0. The molecule has 0 fully saturated rings. The largest absolute Gasteiger partial charge is 0.349 e. The molecule has 0 spiro atoms. The number of thioether (sulfide) groups is 2. The molecule has 1 aliphatic heterocycles. The van der Waals surface area contributed by atoms with Crippen LogP contribution in [0.1, 0.15) is 11.0 Å². The maximum Gasteiger partial charge on any atom is 0.130 e. The van der Waals surface area contributed by atoms with Crippen LogP contribution in [-0.2, 0) is 6.54 Å². The predicted octanol–water partition coefficient (Wildman–Crippen LogP) is 3.49. The van der Waals surface area contributed by atoms with Crippen LogP contribution < -0.4 is 0 Å². The van der Waals surface area contributed by atoms with Crippen molar-refractivity contribution in [3.05, 3.63) is 29.7 Å². The highest BCUT2D eigenvalue weighted by atomic mass is 32.2. The van der Waals surface area contributed by atoms with Crippen LogP contribution >= 0.6 is 23.5 Å². The first-order valence-electron chi connectivity index (χ1n) is 6.41. The molecule has 76 valence electrons. The van der Waals surface area contributed by atoms with Crippen LogP contribution in [0, 0.1) is 0 Å². The molecule has 0 saturated carbocycles. The predicted molar refractivity (Wildman–Crippen MR) is 68.8 cm³/mol. The summed E-state index contributed by atoms with van der Waals surface area (Å²) in [4.78, 5) is 7.52. The van der Waals surface area contributed by atoms with Crippen LogP contribution in [0.25, 0.3) is 10.9 Å². The Morgan fingerprint density at radius 1 is 1.53 bits per heavy atom. The van der Waals surface area contributed by atoms with Gasteiger partial charge in [0, 0.05) is 16.5 Å². The van der Waals surface area contributed by atoms with E-state index in [1.54, 1.807) is 11.8 Å². The molecule has 0 bridgehead atoms. The lowest BCUT2D eigenvalue weighted by atomic mass is 10.2. The van der Waals surface area contributed by atoms with Crippen molar-refractivity contribution in [2.45, 2.75) is 11.6 Å². The average molecular weight is 238 g/mol. The van der Waals surface area contributed by atoms with Gasteiger partial charge in [-0.25, -0.2) is 0 Å². The molecule has 1 N–H and O–H groups in total. The minimum absolute atomic E-state index is 0.0110. The van der Waals surface area contributed by atoms with Gasteiger partial charge < -0.3 is 4.98 Å². The second-order valence-corrected chi connectivity index (χ2v) is 5.12. The number of hydrogen-bond donors (Lipinski definition) is 1. The van der Waals surface area contributed by atoms with Gasteiger partial charge in [0.1, 0.15) is 4.38 Å². The van der Waals surface area contributed by atoms with Gasteiger partial charge in [0.15, 0.2) is 0 Å². The van der Waals surface area contributed by atoms with E-state index in [0.717, 1.165) is 15.0 Å². The summed E-state index contributed by atoms with van der Waals surface area (Å²) in [6.07, 6.45) is 1.95. The van der Waals surface area contributed by atoms with Gasteiger partial charge in [-0.1, -0.05) is 18.1 Å². The number of H-pyrrole nitrogens is 1. The number of benzene rings is 1. The zero-order chi connectivity index (χ0) is 13.7. The van der Waals surface area contributed by atoms with Crippen molar-refractivity contribution in [2.75, 3.05) is 6.26 Å². The molecule has 4 heteroatoms. The number of para-hydroxylation sites is 1. The van der Waals surface area contributed by atoms with Gasteiger partial charge in [0.25, 0.3) is 0 Å². The maximum atomic E-state index is 8.00. The average Bonchev–Trinajstić information content (AvgIpc) is 2.81.